The van der Waals surface area contributed by atoms with Crippen LogP contribution in [0.1, 0.15) is 12.0 Å². The Morgan fingerprint density at radius 3 is 2.71 bits per heavy atom. The monoisotopic (exact) mass is 441 g/mol. The third-order valence-corrected chi connectivity index (χ3v) is 5.68. The van der Waals surface area contributed by atoms with Crippen LogP contribution in [0.5, 0.6) is 5.75 Å². The van der Waals surface area contributed by atoms with Crippen molar-refractivity contribution in [3.63, 3.8) is 0 Å². The summed E-state index contributed by atoms with van der Waals surface area (Å²) in [5, 5.41) is 0.383. The molecule has 0 radical (unpaired) electrons. The predicted octanol–water partition coefficient (Wildman–Crippen LogP) is 2.29. The molecular weight excluding hydrogens is 418 g/mol. The number of nitrogens with one attached hydrogen (secondary N) is 1. The van der Waals surface area contributed by atoms with Gasteiger partial charge in [-0.2, -0.15) is 0 Å². The lowest BCUT2D eigenvalue weighted by Crippen LogP contribution is -2.32. The molecule has 1 unspecified atom stereocenters. The van der Waals surface area contributed by atoms with Gasteiger partial charge < -0.3 is 19.5 Å². The van der Waals surface area contributed by atoms with Crippen LogP contribution in [-0.4, -0.2) is 52.7 Å². The number of H-pyrrole nitrogens is 1. The summed E-state index contributed by atoms with van der Waals surface area (Å²) in [5.74, 6) is 1.33. The highest BCUT2D eigenvalue weighted by molar-refractivity contribution is 6.29. The van der Waals surface area contributed by atoms with Crippen LogP contribution in [-0.2, 0) is 6.61 Å². The Balaban J connectivity index is 1.48. The quantitative estimate of drug-likeness (QED) is 0.591. The van der Waals surface area contributed by atoms with E-state index in [1.165, 1.54) is 16.8 Å². The maximum Gasteiger partial charge on any atom is 0.273 e. The molecule has 1 saturated heterocycles. The predicted molar refractivity (Wildman–Crippen MR) is 121 cm³/mol. The number of anilines is 1. The Labute approximate surface area is 184 Å². The summed E-state index contributed by atoms with van der Waals surface area (Å²) in [6, 6.07) is 10.6. The summed E-state index contributed by atoms with van der Waals surface area (Å²) in [6.45, 7) is 1.95. The molecule has 1 atom stereocenters. The van der Waals surface area contributed by atoms with E-state index in [0.717, 1.165) is 25.3 Å². The van der Waals surface area contributed by atoms with Crippen molar-refractivity contribution in [3.8, 4) is 11.4 Å². The van der Waals surface area contributed by atoms with Gasteiger partial charge in [0.1, 0.15) is 29.0 Å². The van der Waals surface area contributed by atoms with Crippen LogP contribution >= 0.6 is 11.6 Å². The van der Waals surface area contributed by atoms with Crippen molar-refractivity contribution in [2.75, 3.05) is 32.1 Å². The Hall–Kier alpha value is -3.10. The van der Waals surface area contributed by atoms with Crippen LogP contribution in [0.3, 0.4) is 0 Å². The van der Waals surface area contributed by atoms with Gasteiger partial charge in [0.25, 0.3) is 11.1 Å². The molecule has 0 saturated carbocycles. The first-order valence-corrected chi connectivity index (χ1v) is 10.4. The van der Waals surface area contributed by atoms with Crippen molar-refractivity contribution in [1.82, 2.24) is 19.4 Å². The lowest BCUT2D eigenvalue weighted by Gasteiger charge is -2.21. The SMILES string of the molecule is CN(C)C1CCN(c2ccc(-n3ccc(COc4ccc(Cl)nc4)cc3=O)c(=O)[nH]2)C1. The Kier molecular flexibility index (Phi) is 6.11. The number of aromatic nitrogens is 3. The van der Waals surface area contributed by atoms with Crippen molar-refractivity contribution in [2.24, 2.45) is 0 Å². The Morgan fingerprint density at radius 2 is 2.06 bits per heavy atom. The minimum absolute atomic E-state index is 0.205. The number of aromatic amines is 1. The van der Waals surface area contributed by atoms with E-state index < -0.39 is 0 Å². The van der Waals surface area contributed by atoms with Crippen LogP contribution in [0.2, 0.25) is 5.15 Å². The smallest absolute Gasteiger partial charge is 0.273 e. The lowest BCUT2D eigenvalue weighted by molar-refractivity contribution is 0.304. The second-order valence-corrected chi connectivity index (χ2v) is 8.15. The molecule has 3 aromatic rings. The van der Waals surface area contributed by atoms with Gasteiger partial charge in [-0.25, -0.2) is 4.98 Å². The van der Waals surface area contributed by atoms with Gasteiger partial charge in [-0.15, -0.1) is 0 Å². The van der Waals surface area contributed by atoms with Gasteiger partial charge in [0.2, 0.25) is 0 Å². The Bertz CT molecular complexity index is 1170. The molecule has 8 nitrogen and oxygen atoms in total. The van der Waals surface area contributed by atoms with Crippen LogP contribution in [0, 0.1) is 0 Å². The summed E-state index contributed by atoms with van der Waals surface area (Å²) >= 11 is 5.76. The highest BCUT2D eigenvalue weighted by atomic mass is 35.5. The van der Waals surface area contributed by atoms with Crippen LogP contribution in [0.4, 0.5) is 5.82 Å². The number of hydrogen-bond acceptors (Lipinski definition) is 6. The second kappa shape index (κ2) is 8.95. The highest BCUT2D eigenvalue weighted by Crippen LogP contribution is 2.20. The fourth-order valence-electron chi connectivity index (χ4n) is 3.63. The average molecular weight is 442 g/mol. The van der Waals surface area contributed by atoms with Crippen molar-refractivity contribution in [3.05, 3.63) is 80.2 Å². The summed E-state index contributed by atoms with van der Waals surface area (Å²) in [5.41, 5.74) is 0.370. The third-order valence-electron chi connectivity index (χ3n) is 5.46. The molecule has 0 spiro atoms. The maximum atomic E-state index is 12.7. The number of halogens is 1. The van der Waals surface area contributed by atoms with Crippen LogP contribution < -0.4 is 20.8 Å². The van der Waals surface area contributed by atoms with E-state index in [1.54, 1.807) is 30.5 Å². The first kappa shape index (κ1) is 21.1. The zero-order valence-corrected chi connectivity index (χ0v) is 18.2. The number of ether oxygens (including phenoxy) is 1. The topological polar surface area (TPSA) is 83.5 Å². The molecule has 4 heterocycles. The first-order valence-electron chi connectivity index (χ1n) is 10.0. The van der Waals surface area contributed by atoms with Gasteiger partial charge in [-0.05, 0) is 56.4 Å². The number of pyridine rings is 3. The normalized spacial score (nSPS) is 16.1. The fraction of sp³-hybridized carbons (Fsp3) is 0.318. The molecule has 0 bridgehead atoms. The van der Waals surface area contributed by atoms with E-state index >= 15 is 0 Å². The average Bonchev–Trinajstić information content (AvgIpc) is 3.25. The molecule has 1 aliphatic rings. The van der Waals surface area contributed by atoms with Gasteiger partial charge in [0, 0.05) is 31.4 Å². The van der Waals surface area contributed by atoms with Gasteiger partial charge in [0.05, 0.1) is 6.20 Å². The molecule has 0 aliphatic carbocycles. The largest absolute Gasteiger partial charge is 0.487 e. The summed E-state index contributed by atoms with van der Waals surface area (Å²) in [6.07, 6.45) is 4.15. The molecule has 3 aromatic heterocycles. The van der Waals surface area contributed by atoms with Crippen LogP contribution in [0.15, 0.2) is 58.4 Å². The van der Waals surface area contributed by atoms with E-state index in [2.05, 4.69) is 33.9 Å². The molecule has 9 heteroatoms. The number of hydrogen-bond donors (Lipinski definition) is 1. The van der Waals surface area contributed by atoms with Crippen LogP contribution in [0.25, 0.3) is 5.69 Å². The third kappa shape index (κ3) is 4.81. The molecular formula is C22H24ClN5O3. The van der Waals surface area contributed by atoms with E-state index in [-0.39, 0.29) is 23.4 Å². The van der Waals surface area contributed by atoms with E-state index in [4.69, 9.17) is 16.3 Å². The minimum atomic E-state index is -0.303. The lowest BCUT2D eigenvalue weighted by atomic mass is 10.2. The second-order valence-electron chi connectivity index (χ2n) is 7.76. The zero-order valence-electron chi connectivity index (χ0n) is 17.4. The van der Waals surface area contributed by atoms with E-state index in [0.29, 0.717) is 22.5 Å². The molecule has 0 amide bonds. The molecule has 1 N–H and O–H groups in total. The summed E-state index contributed by atoms with van der Waals surface area (Å²) in [4.78, 5) is 36.5. The van der Waals surface area contributed by atoms with Gasteiger partial charge in [-0.3, -0.25) is 14.2 Å². The summed E-state index contributed by atoms with van der Waals surface area (Å²) < 4.78 is 6.96. The Morgan fingerprint density at radius 1 is 1.23 bits per heavy atom. The van der Waals surface area contributed by atoms with Crippen molar-refractivity contribution in [2.45, 2.75) is 19.1 Å². The van der Waals surface area contributed by atoms with Gasteiger partial charge in [-0.1, -0.05) is 11.6 Å². The number of nitrogens with zero attached hydrogens (tertiary/aromatic N) is 4. The highest BCUT2D eigenvalue weighted by Gasteiger charge is 2.24. The molecule has 1 aliphatic heterocycles. The van der Waals surface area contributed by atoms with E-state index in [1.807, 2.05) is 6.07 Å². The van der Waals surface area contributed by atoms with Gasteiger partial charge >= 0.3 is 0 Å². The molecule has 1 fully saturated rings. The zero-order chi connectivity index (χ0) is 22.0. The first-order chi connectivity index (χ1) is 14.9. The molecule has 31 heavy (non-hydrogen) atoms. The maximum absolute atomic E-state index is 12.7. The number of likely N-dealkylation sites (N-methyl/N-ethyl adjacent to an activating group) is 1. The van der Waals surface area contributed by atoms with E-state index in [9.17, 15) is 9.59 Å². The molecule has 0 aromatic carbocycles. The fourth-order valence-corrected chi connectivity index (χ4v) is 3.75. The van der Waals surface area contributed by atoms with Crippen molar-refractivity contribution < 1.29 is 4.74 Å². The van der Waals surface area contributed by atoms with Crippen molar-refractivity contribution in [1.29, 1.82) is 0 Å². The number of rotatable bonds is 6. The summed E-state index contributed by atoms with van der Waals surface area (Å²) in [7, 11) is 4.13. The molecule has 162 valence electrons. The van der Waals surface area contributed by atoms with Gasteiger partial charge in [0.15, 0.2) is 0 Å². The minimum Gasteiger partial charge on any atom is -0.487 e. The standard InChI is InChI=1S/C22H24ClN5O3/c1-26(2)16-8-9-27(13-16)20-6-4-18(22(30)25-20)28-10-7-15(11-21(28)29)14-31-17-3-5-19(23)24-12-17/h3-7,10-12,16H,8-9,13-14H2,1-2H3,(H,25,30). The molecule has 4 rings (SSSR count). The van der Waals surface area contributed by atoms with Crippen molar-refractivity contribution >= 4 is 17.4 Å².